The summed E-state index contributed by atoms with van der Waals surface area (Å²) in [6.07, 6.45) is 0. The molecule has 2 aromatic rings. The number of anilines is 2. The fraction of sp³-hybridized carbons (Fsp3) is 0.0556. The van der Waals surface area contributed by atoms with Gasteiger partial charge in [0.1, 0.15) is 22.0 Å². The number of rotatable bonds is 6. The lowest BCUT2D eigenvalue weighted by Crippen LogP contribution is -2.32. The Kier molecular flexibility index (Phi) is 5.96. The number of imide groups is 1. The van der Waals surface area contributed by atoms with Crippen molar-refractivity contribution >= 4 is 62.5 Å². The summed E-state index contributed by atoms with van der Waals surface area (Å²) in [5.74, 6) is -3.24. The quantitative estimate of drug-likeness (QED) is 0.413. The molecule has 13 heteroatoms. The molecule has 1 aliphatic heterocycles. The number of halogens is 2. The van der Waals surface area contributed by atoms with Gasteiger partial charge in [-0.05, 0) is 24.3 Å². The van der Waals surface area contributed by atoms with Crippen LogP contribution in [0.5, 0.6) is 5.75 Å². The molecule has 1 heterocycles. The van der Waals surface area contributed by atoms with Crippen molar-refractivity contribution < 1.29 is 37.2 Å². The van der Waals surface area contributed by atoms with E-state index in [0.717, 1.165) is 18.2 Å². The lowest BCUT2D eigenvalue weighted by Gasteiger charge is -2.16. The van der Waals surface area contributed by atoms with Crippen molar-refractivity contribution in [3.05, 3.63) is 57.7 Å². The number of nitrogens with zero attached hydrogens (tertiary/aromatic N) is 1. The number of hydrogen-bond donors (Lipinski definition) is 3. The Morgan fingerprint density at radius 3 is 2.39 bits per heavy atom. The van der Waals surface area contributed by atoms with Gasteiger partial charge in [0.05, 0.1) is 28.4 Å². The largest absolute Gasteiger partial charge is 0.496 e. The van der Waals surface area contributed by atoms with E-state index in [9.17, 15) is 32.5 Å². The van der Waals surface area contributed by atoms with Crippen molar-refractivity contribution in [2.24, 2.45) is 0 Å². The van der Waals surface area contributed by atoms with Crippen molar-refractivity contribution in [2.75, 3.05) is 17.3 Å². The van der Waals surface area contributed by atoms with Gasteiger partial charge in [0.25, 0.3) is 21.9 Å². The van der Waals surface area contributed by atoms with Crippen LogP contribution in [-0.2, 0) is 19.7 Å². The highest BCUT2D eigenvalue weighted by Crippen LogP contribution is 2.35. The predicted molar refractivity (Wildman–Crippen MR) is 110 cm³/mol. The Hall–Kier alpha value is -3.12. The number of carboxylic acid groups (broad SMARTS) is 1. The molecule has 3 rings (SSSR count). The van der Waals surface area contributed by atoms with Crippen LogP contribution >= 0.6 is 23.2 Å². The number of nitrogens with one attached hydrogen (secondary N) is 1. The van der Waals surface area contributed by atoms with Gasteiger partial charge in [0.2, 0.25) is 0 Å². The first-order valence-corrected chi connectivity index (χ1v) is 10.4. The van der Waals surface area contributed by atoms with E-state index in [-0.39, 0.29) is 33.4 Å². The van der Waals surface area contributed by atoms with Gasteiger partial charge in [0.15, 0.2) is 0 Å². The van der Waals surface area contributed by atoms with E-state index in [0.29, 0.717) is 4.90 Å². The van der Waals surface area contributed by atoms with E-state index >= 15 is 0 Å². The monoisotopic (exact) mass is 486 g/mol. The van der Waals surface area contributed by atoms with E-state index in [2.05, 4.69) is 5.32 Å². The van der Waals surface area contributed by atoms with Gasteiger partial charge in [-0.15, -0.1) is 0 Å². The van der Waals surface area contributed by atoms with Crippen LogP contribution in [0.15, 0.2) is 52.0 Å². The van der Waals surface area contributed by atoms with Crippen LogP contribution in [0.4, 0.5) is 11.4 Å². The van der Waals surface area contributed by atoms with Gasteiger partial charge >= 0.3 is 5.97 Å². The van der Waals surface area contributed by atoms with Crippen LogP contribution in [0.25, 0.3) is 0 Å². The van der Waals surface area contributed by atoms with Crippen molar-refractivity contribution in [2.45, 2.75) is 4.90 Å². The summed E-state index contributed by atoms with van der Waals surface area (Å²) in [6, 6.07) is 6.81. The van der Waals surface area contributed by atoms with E-state index in [1.807, 2.05) is 0 Å². The molecule has 162 valence electrons. The summed E-state index contributed by atoms with van der Waals surface area (Å²) in [4.78, 5) is 36.8. The van der Waals surface area contributed by atoms with Crippen molar-refractivity contribution in [1.82, 2.24) is 0 Å². The first-order chi connectivity index (χ1) is 14.5. The highest BCUT2D eigenvalue weighted by molar-refractivity contribution is 7.85. The van der Waals surface area contributed by atoms with Gasteiger partial charge in [-0.3, -0.25) is 14.1 Å². The molecule has 0 atom stereocenters. The third-order valence-electron chi connectivity index (χ3n) is 4.18. The minimum atomic E-state index is -4.58. The van der Waals surface area contributed by atoms with E-state index < -0.39 is 37.8 Å². The molecule has 1 aliphatic rings. The third-order valence-corrected chi connectivity index (χ3v) is 5.69. The van der Waals surface area contributed by atoms with Crippen LogP contribution in [0.3, 0.4) is 0 Å². The molecule has 31 heavy (non-hydrogen) atoms. The number of ether oxygens (including phenoxy) is 1. The maximum Gasteiger partial charge on any atom is 0.339 e. The smallest absolute Gasteiger partial charge is 0.339 e. The molecule has 0 bridgehead atoms. The summed E-state index contributed by atoms with van der Waals surface area (Å²) in [7, 11) is -3.34. The highest BCUT2D eigenvalue weighted by Gasteiger charge is 2.39. The molecule has 2 amide bonds. The van der Waals surface area contributed by atoms with Gasteiger partial charge in [-0.25, -0.2) is 9.69 Å². The Morgan fingerprint density at radius 2 is 1.81 bits per heavy atom. The number of carbonyl (C=O) groups is 3. The molecule has 0 aliphatic carbocycles. The van der Waals surface area contributed by atoms with Crippen LogP contribution in [0.2, 0.25) is 5.02 Å². The average molecular weight is 487 g/mol. The second kappa shape index (κ2) is 8.19. The highest BCUT2D eigenvalue weighted by atomic mass is 35.5. The number of amides is 2. The fourth-order valence-electron chi connectivity index (χ4n) is 2.75. The molecule has 0 saturated heterocycles. The van der Waals surface area contributed by atoms with Crippen LogP contribution in [-0.4, -0.2) is 43.0 Å². The predicted octanol–water partition coefficient (Wildman–Crippen LogP) is 2.73. The molecule has 0 aromatic heterocycles. The molecule has 0 unspecified atom stereocenters. The minimum Gasteiger partial charge on any atom is -0.496 e. The van der Waals surface area contributed by atoms with Crippen molar-refractivity contribution in [3.8, 4) is 5.75 Å². The van der Waals surface area contributed by atoms with E-state index in [4.69, 9.17) is 27.9 Å². The average Bonchev–Trinajstić information content (AvgIpc) is 2.91. The number of carboxylic acids is 1. The number of aromatic carboxylic acids is 1. The van der Waals surface area contributed by atoms with Gasteiger partial charge < -0.3 is 15.2 Å². The Morgan fingerprint density at radius 1 is 1.13 bits per heavy atom. The van der Waals surface area contributed by atoms with Gasteiger partial charge in [-0.2, -0.15) is 8.42 Å². The SMILES string of the molecule is COc1cc(NC2=C(Cl)C(=O)N(c3cccc(S(=O)(=O)O)c3)C2=O)c(Cl)cc1C(=O)O. The zero-order chi connectivity index (χ0) is 23.1. The van der Waals surface area contributed by atoms with Gasteiger partial charge in [-0.1, -0.05) is 29.3 Å². The topological polar surface area (TPSA) is 150 Å². The summed E-state index contributed by atoms with van der Waals surface area (Å²) in [5.41, 5.74) is -0.720. The number of hydrogen-bond acceptors (Lipinski definition) is 7. The molecular weight excluding hydrogens is 475 g/mol. The molecule has 0 saturated carbocycles. The summed E-state index contributed by atoms with van der Waals surface area (Å²) in [6.45, 7) is 0. The summed E-state index contributed by atoms with van der Waals surface area (Å²) < 4.78 is 36.9. The zero-order valence-corrected chi connectivity index (χ0v) is 17.7. The van der Waals surface area contributed by atoms with Crippen LogP contribution < -0.4 is 15.0 Å². The van der Waals surface area contributed by atoms with Crippen molar-refractivity contribution in [3.63, 3.8) is 0 Å². The molecule has 3 N–H and O–H groups in total. The fourth-order valence-corrected chi connectivity index (χ4v) is 3.69. The first-order valence-electron chi connectivity index (χ1n) is 8.19. The zero-order valence-electron chi connectivity index (χ0n) is 15.4. The lowest BCUT2D eigenvalue weighted by molar-refractivity contribution is -0.120. The number of methoxy groups -OCH3 is 1. The molecule has 0 radical (unpaired) electrons. The molecule has 0 fully saturated rings. The second-order valence-corrected chi connectivity index (χ2v) is 8.28. The van der Waals surface area contributed by atoms with Crippen LogP contribution in [0.1, 0.15) is 10.4 Å². The van der Waals surface area contributed by atoms with Crippen LogP contribution in [0, 0.1) is 0 Å². The van der Waals surface area contributed by atoms with E-state index in [1.165, 1.54) is 25.3 Å². The minimum absolute atomic E-state index is 0.0337. The Labute approximate surface area is 185 Å². The maximum absolute atomic E-state index is 12.9. The molecule has 10 nitrogen and oxygen atoms in total. The number of benzene rings is 2. The second-order valence-electron chi connectivity index (χ2n) is 6.07. The Bertz CT molecular complexity index is 1270. The summed E-state index contributed by atoms with van der Waals surface area (Å²) in [5, 5.41) is 11.2. The third kappa shape index (κ3) is 4.21. The number of carbonyl (C=O) groups excluding carboxylic acids is 2. The first kappa shape index (κ1) is 22.6. The van der Waals surface area contributed by atoms with Crippen molar-refractivity contribution in [1.29, 1.82) is 0 Å². The standard InChI is InChI=1S/C18H12Cl2N2O8S/c1-30-13-7-12(11(19)6-10(13)18(25)26)21-15-14(20)16(23)22(17(15)24)8-3-2-4-9(5-8)31(27,28)29/h2-7,21H,1H3,(H,25,26)(H,27,28,29). The van der Waals surface area contributed by atoms with E-state index in [1.54, 1.807) is 0 Å². The van der Waals surface area contributed by atoms with Gasteiger partial charge in [0, 0.05) is 6.07 Å². The molecule has 0 spiro atoms. The molecular formula is C18H12Cl2N2O8S. The summed E-state index contributed by atoms with van der Waals surface area (Å²) >= 11 is 12.1. The maximum atomic E-state index is 12.9. The Balaban J connectivity index is 1.99. The molecule has 2 aromatic carbocycles. The lowest BCUT2D eigenvalue weighted by atomic mass is 10.1. The normalized spacial score (nSPS) is 14.3.